The zero-order chi connectivity index (χ0) is 20.7. The molecule has 0 unspecified atom stereocenters. The molecular weight excluding hydrogens is 418 g/mol. The number of anilines is 2. The highest BCUT2D eigenvalue weighted by Gasteiger charge is 2.41. The lowest BCUT2D eigenvalue weighted by Gasteiger charge is -2.19. The van der Waals surface area contributed by atoms with E-state index >= 15 is 0 Å². The number of nitrogens with zero attached hydrogens (tertiary/aromatic N) is 4. The lowest BCUT2D eigenvalue weighted by Crippen LogP contribution is -2.21. The molecule has 0 radical (unpaired) electrons. The van der Waals surface area contributed by atoms with Crippen molar-refractivity contribution in [2.75, 3.05) is 24.7 Å². The monoisotopic (exact) mass is 438 g/mol. The fourth-order valence-corrected chi connectivity index (χ4v) is 4.33. The van der Waals surface area contributed by atoms with Crippen LogP contribution in [-0.2, 0) is 18.2 Å². The van der Waals surface area contributed by atoms with E-state index in [1.807, 2.05) is 0 Å². The fraction of sp³-hybridized carbons (Fsp3) is 0.583. The third kappa shape index (κ3) is 4.85. The molecule has 3 atom stereocenters. The number of aromatic nitrogens is 4. The van der Waals surface area contributed by atoms with Crippen LogP contribution in [-0.4, -0.2) is 58.9 Å². The smallest absolute Gasteiger partial charge is 0.371 e. The van der Waals surface area contributed by atoms with Crippen LogP contribution in [0.4, 0.5) is 11.8 Å². The van der Waals surface area contributed by atoms with Gasteiger partial charge in [-0.3, -0.25) is 9.05 Å². The Balaban J connectivity index is 1.90. The number of rotatable bonds is 7. The topological polar surface area (TPSA) is 215 Å². The molecule has 14 nitrogen and oxygen atoms in total. The maximum Gasteiger partial charge on any atom is 0.469 e. The van der Waals surface area contributed by atoms with Gasteiger partial charge in [-0.05, 0) is 12.8 Å². The largest absolute Gasteiger partial charge is 0.469 e. The van der Waals surface area contributed by atoms with Gasteiger partial charge in [-0.1, -0.05) is 0 Å². The SMILES string of the molecule is CNc1nc(N)nc2c1ncn2[C@@H]1C[C@H](COP(=O)(O)O)[C@@H](OP(=O)(O)O)C1. The summed E-state index contributed by atoms with van der Waals surface area (Å²) < 4.78 is 33.3. The summed E-state index contributed by atoms with van der Waals surface area (Å²) in [5, 5.41) is 2.86. The van der Waals surface area contributed by atoms with E-state index in [0.29, 0.717) is 17.0 Å². The second-order valence-electron chi connectivity index (χ2n) is 6.31. The highest BCUT2D eigenvalue weighted by Crippen LogP contribution is 2.48. The minimum atomic E-state index is -4.82. The quantitative estimate of drug-likeness (QED) is 0.314. The van der Waals surface area contributed by atoms with Crippen LogP contribution in [0.1, 0.15) is 18.9 Å². The highest BCUT2D eigenvalue weighted by atomic mass is 31.2. The number of nitrogen functional groups attached to an aromatic ring is 1. The Morgan fingerprint density at radius 2 is 1.96 bits per heavy atom. The van der Waals surface area contributed by atoms with Crippen LogP contribution >= 0.6 is 15.6 Å². The Morgan fingerprint density at radius 3 is 2.57 bits per heavy atom. The molecule has 0 aliphatic heterocycles. The van der Waals surface area contributed by atoms with Gasteiger partial charge in [0.15, 0.2) is 17.0 Å². The molecule has 3 rings (SSSR count). The van der Waals surface area contributed by atoms with Gasteiger partial charge >= 0.3 is 15.6 Å². The van der Waals surface area contributed by atoms with E-state index in [9.17, 15) is 9.13 Å². The number of phosphoric ester groups is 2. The molecule has 7 N–H and O–H groups in total. The zero-order valence-electron chi connectivity index (χ0n) is 14.6. The summed E-state index contributed by atoms with van der Waals surface area (Å²) in [6, 6.07) is -0.370. The van der Waals surface area contributed by atoms with Gasteiger partial charge in [0, 0.05) is 19.0 Å². The van der Waals surface area contributed by atoms with Crippen molar-refractivity contribution in [2.24, 2.45) is 5.92 Å². The van der Waals surface area contributed by atoms with Crippen LogP contribution < -0.4 is 11.1 Å². The molecule has 1 fully saturated rings. The fourth-order valence-electron chi connectivity index (χ4n) is 3.33. The Labute approximate surface area is 158 Å². The van der Waals surface area contributed by atoms with E-state index in [-0.39, 0.29) is 24.8 Å². The number of hydrogen-bond donors (Lipinski definition) is 6. The van der Waals surface area contributed by atoms with E-state index in [4.69, 9.17) is 29.8 Å². The number of imidazole rings is 1. The summed E-state index contributed by atoms with van der Waals surface area (Å²) in [6.07, 6.45) is 0.905. The summed E-state index contributed by atoms with van der Waals surface area (Å²) in [5.41, 5.74) is 6.59. The molecule has 156 valence electrons. The molecular formula is C12H20N6O8P2. The average molecular weight is 438 g/mol. The molecule has 1 aliphatic rings. The minimum absolute atomic E-state index is 0.0148. The number of fused-ring (bicyclic) bond motifs is 1. The summed E-state index contributed by atoms with van der Waals surface area (Å²) in [6.45, 7) is -0.434. The van der Waals surface area contributed by atoms with Crippen molar-refractivity contribution in [1.82, 2.24) is 19.5 Å². The molecule has 1 aliphatic carbocycles. The van der Waals surface area contributed by atoms with Gasteiger partial charge in [0.1, 0.15) is 0 Å². The standard InChI is InChI=1S/C12H20N6O8P2/c1-14-10-9-11(17-12(13)16-10)18(5-15-9)7-2-6(4-25-27(19,20)21)8(3-7)26-28(22,23)24/h5-8H,2-4H2,1H3,(H2,19,20,21)(H2,22,23,24)(H3,13,14,16,17)/t6-,7-,8+/m1/s1. The molecule has 0 spiro atoms. The number of nitrogens with one attached hydrogen (secondary N) is 1. The van der Waals surface area contributed by atoms with Crippen LogP contribution in [0, 0.1) is 5.92 Å². The van der Waals surface area contributed by atoms with E-state index in [1.165, 1.54) is 6.33 Å². The van der Waals surface area contributed by atoms with Gasteiger partial charge in [-0.15, -0.1) is 0 Å². The van der Waals surface area contributed by atoms with Crippen molar-refractivity contribution in [1.29, 1.82) is 0 Å². The van der Waals surface area contributed by atoms with Crippen molar-refractivity contribution in [3.05, 3.63) is 6.33 Å². The zero-order valence-corrected chi connectivity index (χ0v) is 16.4. The van der Waals surface area contributed by atoms with Crippen molar-refractivity contribution in [2.45, 2.75) is 25.0 Å². The van der Waals surface area contributed by atoms with Gasteiger partial charge in [0.25, 0.3) is 0 Å². The minimum Gasteiger partial charge on any atom is -0.371 e. The summed E-state index contributed by atoms with van der Waals surface area (Å²) in [4.78, 5) is 48.6. The van der Waals surface area contributed by atoms with Gasteiger partial charge in [-0.2, -0.15) is 9.97 Å². The van der Waals surface area contributed by atoms with Gasteiger partial charge in [0.05, 0.1) is 19.0 Å². The first-order valence-electron chi connectivity index (χ1n) is 8.08. The predicted molar refractivity (Wildman–Crippen MR) is 96.0 cm³/mol. The number of hydrogen-bond acceptors (Lipinski definition) is 9. The third-order valence-corrected chi connectivity index (χ3v) is 5.43. The molecule has 0 amide bonds. The molecule has 0 saturated heterocycles. The van der Waals surface area contributed by atoms with Crippen molar-refractivity contribution in [3.8, 4) is 0 Å². The molecule has 2 aromatic rings. The van der Waals surface area contributed by atoms with Crippen molar-refractivity contribution >= 4 is 38.6 Å². The molecule has 2 aromatic heterocycles. The highest BCUT2D eigenvalue weighted by molar-refractivity contribution is 7.46. The van der Waals surface area contributed by atoms with Crippen molar-refractivity contribution in [3.63, 3.8) is 0 Å². The van der Waals surface area contributed by atoms with Crippen LogP contribution in [0.3, 0.4) is 0 Å². The van der Waals surface area contributed by atoms with Crippen LogP contribution in [0.25, 0.3) is 11.2 Å². The lowest BCUT2D eigenvalue weighted by atomic mass is 10.1. The lowest BCUT2D eigenvalue weighted by molar-refractivity contribution is 0.0738. The summed E-state index contributed by atoms with van der Waals surface area (Å²) in [7, 11) is -7.92. The Kier molecular flexibility index (Phi) is 5.76. The van der Waals surface area contributed by atoms with Crippen LogP contribution in [0.15, 0.2) is 6.33 Å². The van der Waals surface area contributed by atoms with Crippen LogP contribution in [0.2, 0.25) is 0 Å². The molecule has 16 heteroatoms. The van der Waals surface area contributed by atoms with Gasteiger partial charge in [0.2, 0.25) is 5.95 Å². The van der Waals surface area contributed by atoms with Crippen molar-refractivity contribution < 1.29 is 37.8 Å². The first-order chi connectivity index (χ1) is 13.0. The van der Waals surface area contributed by atoms with E-state index < -0.39 is 34.3 Å². The number of nitrogens with two attached hydrogens (primary N) is 1. The van der Waals surface area contributed by atoms with Crippen LogP contribution in [0.5, 0.6) is 0 Å². The summed E-state index contributed by atoms with van der Waals surface area (Å²) in [5.74, 6) is -0.240. The first kappa shape index (κ1) is 21.1. The van der Waals surface area contributed by atoms with E-state index in [0.717, 1.165) is 0 Å². The van der Waals surface area contributed by atoms with Gasteiger partial charge in [-0.25, -0.2) is 14.1 Å². The van der Waals surface area contributed by atoms with Gasteiger partial charge < -0.3 is 35.2 Å². The second kappa shape index (κ2) is 7.65. The van der Waals surface area contributed by atoms with E-state index in [2.05, 4.69) is 24.8 Å². The Hall–Kier alpha value is -1.63. The van der Waals surface area contributed by atoms with E-state index in [1.54, 1.807) is 11.6 Å². The molecule has 28 heavy (non-hydrogen) atoms. The third-order valence-electron chi connectivity index (χ3n) is 4.40. The predicted octanol–water partition coefficient (Wildman–Crippen LogP) is -0.0115. The molecule has 0 aromatic carbocycles. The summed E-state index contributed by atoms with van der Waals surface area (Å²) >= 11 is 0. The molecule has 0 bridgehead atoms. The molecule has 2 heterocycles. The molecule has 1 saturated carbocycles. The Morgan fingerprint density at radius 1 is 1.25 bits per heavy atom. The maximum absolute atomic E-state index is 11.3. The first-order valence-corrected chi connectivity index (χ1v) is 11.1. The maximum atomic E-state index is 11.3. The average Bonchev–Trinajstić information content (AvgIpc) is 3.13. The Bertz CT molecular complexity index is 957. The second-order valence-corrected chi connectivity index (χ2v) is 8.74. The normalized spacial score (nSPS) is 23.4. The number of phosphoric acid groups is 2.